The van der Waals surface area contributed by atoms with Crippen molar-refractivity contribution in [1.82, 2.24) is 15.0 Å². The topological polar surface area (TPSA) is 54.3 Å². The molecular formula is C10H13N5S3. The van der Waals surface area contributed by atoms with Gasteiger partial charge in [-0.15, -0.1) is 23.5 Å². The van der Waals surface area contributed by atoms with Gasteiger partial charge in [-0.05, 0) is 12.5 Å². The van der Waals surface area contributed by atoms with E-state index in [0.29, 0.717) is 5.95 Å². The van der Waals surface area contributed by atoms with E-state index in [-0.39, 0.29) is 0 Å². The number of aromatic nitrogens is 3. The minimum absolute atomic E-state index is 0.691. The molecular weight excluding hydrogens is 286 g/mol. The summed E-state index contributed by atoms with van der Waals surface area (Å²) in [7, 11) is 3.83. The highest BCUT2D eigenvalue weighted by Crippen LogP contribution is 2.29. The van der Waals surface area contributed by atoms with Crippen molar-refractivity contribution in [1.29, 1.82) is 0 Å². The molecule has 0 saturated carbocycles. The van der Waals surface area contributed by atoms with Crippen molar-refractivity contribution in [2.75, 3.05) is 31.5 Å². The molecule has 0 N–H and O–H groups in total. The molecule has 2 rings (SSSR count). The molecule has 2 heterocycles. The quantitative estimate of drug-likeness (QED) is 0.628. The zero-order chi connectivity index (χ0) is 13.1. The molecule has 8 heteroatoms. The molecule has 18 heavy (non-hydrogen) atoms. The number of thioether (sulfide) groups is 2. The van der Waals surface area contributed by atoms with Crippen LogP contribution in [-0.4, -0.2) is 45.9 Å². The van der Waals surface area contributed by atoms with Gasteiger partial charge in [0.15, 0.2) is 4.83 Å². The SMILES string of the molecule is CSC(=Nc1nc2cnc(N(C)C)nc2s1)SC. The second-order valence-electron chi connectivity index (χ2n) is 3.54. The van der Waals surface area contributed by atoms with E-state index in [0.717, 1.165) is 19.9 Å². The molecule has 2 aromatic rings. The van der Waals surface area contributed by atoms with Gasteiger partial charge in [0, 0.05) is 14.1 Å². The highest BCUT2D eigenvalue weighted by atomic mass is 32.2. The molecule has 0 spiro atoms. The highest BCUT2D eigenvalue weighted by molar-refractivity contribution is 8.38. The van der Waals surface area contributed by atoms with Crippen molar-refractivity contribution in [2.24, 2.45) is 4.99 Å². The molecule has 0 fully saturated rings. The second-order valence-corrected chi connectivity index (χ2v) is 6.34. The largest absolute Gasteiger partial charge is 0.347 e. The molecule has 96 valence electrons. The Labute approximate surface area is 118 Å². The van der Waals surface area contributed by atoms with Gasteiger partial charge >= 0.3 is 0 Å². The Morgan fingerprint density at radius 1 is 1.28 bits per heavy atom. The molecule has 5 nitrogen and oxygen atoms in total. The molecule has 0 unspecified atom stereocenters. The maximum Gasteiger partial charge on any atom is 0.226 e. The smallest absolute Gasteiger partial charge is 0.226 e. The lowest BCUT2D eigenvalue weighted by atomic mass is 10.6. The number of nitrogens with zero attached hydrogens (tertiary/aromatic N) is 5. The Hall–Kier alpha value is -0.860. The Kier molecular flexibility index (Phi) is 4.41. The van der Waals surface area contributed by atoms with E-state index >= 15 is 0 Å². The van der Waals surface area contributed by atoms with Gasteiger partial charge in [0.1, 0.15) is 9.89 Å². The Morgan fingerprint density at radius 2 is 2.00 bits per heavy atom. The Balaban J connectivity index is 2.41. The summed E-state index contributed by atoms with van der Waals surface area (Å²) in [5.74, 6) is 0.691. The molecule has 0 saturated heterocycles. The van der Waals surface area contributed by atoms with Crippen molar-refractivity contribution < 1.29 is 0 Å². The van der Waals surface area contributed by atoms with E-state index in [2.05, 4.69) is 19.9 Å². The van der Waals surface area contributed by atoms with Crippen molar-refractivity contribution >= 4 is 60.7 Å². The lowest BCUT2D eigenvalue weighted by molar-refractivity contribution is 1.02. The molecule has 0 radical (unpaired) electrons. The molecule has 0 aliphatic carbocycles. The third-order valence-corrected chi connectivity index (χ3v) is 4.80. The second kappa shape index (κ2) is 5.85. The van der Waals surface area contributed by atoms with Crippen molar-refractivity contribution in [3.05, 3.63) is 6.20 Å². The summed E-state index contributed by atoms with van der Waals surface area (Å²) in [5, 5.41) is 0.730. The number of anilines is 1. The van der Waals surface area contributed by atoms with Crippen LogP contribution in [0.1, 0.15) is 0 Å². The average molecular weight is 299 g/mol. The van der Waals surface area contributed by atoms with E-state index in [9.17, 15) is 0 Å². The third kappa shape index (κ3) is 2.93. The molecule has 0 bridgehead atoms. The van der Waals surface area contributed by atoms with E-state index in [1.165, 1.54) is 11.3 Å². The van der Waals surface area contributed by atoms with Crippen molar-refractivity contribution in [2.45, 2.75) is 0 Å². The standard InChI is InChI=1S/C10H13N5S3/c1-15(2)8-11-5-6-7(13-8)18-9(12-6)14-10(16-3)17-4/h5H,1-4H3. The summed E-state index contributed by atoms with van der Waals surface area (Å²) in [4.78, 5) is 20.3. The first-order chi connectivity index (χ1) is 8.63. The molecule has 0 atom stereocenters. The summed E-state index contributed by atoms with van der Waals surface area (Å²) in [6.45, 7) is 0. The third-order valence-electron chi connectivity index (χ3n) is 2.06. The summed E-state index contributed by atoms with van der Waals surface area (Å²) in [6.07, 6.45) is 5.75. The highest BCUT2D eigenvalue weighted by Gasteiger charge is 2.08. The molecule has 0 aromatic carbocycles. The van der Waals surface area contributed by atoms with Crippen LogP contribution in [-0.2, 0) is 0 Å². The van der Waals surface area contributed by atoms with Crippen LogP contribution in [0.5, 0.6) is 0 Å². The van der Waals surface area contributed by atoms with Gasteiger partial charge in [0.2, 0.25) is 11.1 Å². The normalized spacial score (nSPS) is 10.7. The number of hydrogen-bond donors (Lipinski definition) is 0. The lowest BCUT2D eigenvalue weighted by Gasteiger charge is -2.07. The molecule has 0 amide bonds. The predicted molar refractivity (Wildman–Crippen MR) is 83.7 cm³/mol. The number of fused-ring (bicyclic) bond motifs is 1. The average Bonchev–Trinajstić information content (AvgIpc) is 2.76. The van der Waals surface area contributed by atoms with Gasteiger partial charge in [-0.3, -0.25) is 0 Å². The number of aliphatic imine (C=N–C) groups is 1. The summed E-state index contributed by atoms with van der Waals surface area (Å²) >= 11 is 4.72. The zero-order valence-electron chi connectivity index (χ0n) is 10.5. The van der Waals surface area contributed by atoms with Crippen molar-refractivity contribution in [3.63, 3.8) is 0 Å². The maximum atomic E-state index is 4.48. The monoisotopic (exact) mass is 299 g/mol. The number of hydrogen-bond acceptors (Lipinski definition) is 8. The van der Waals surface area contributed by atoms with Crippen LogP contribution in [0.15, 0.2) is 11.2 Å². The number of rotatable bonds is 2. The van der Waals surface area contributed by atoms with Crippen LogP contribution in [0.3, 0.4) is 0 Å². The molecule has 2 aromatic heterocycles. The van der Waals surface area contributed by atoms with Crippen LogP contribution in [0, 0.1) is 0 Å². The lowest BCUT2D eigenvalue weighted by Crippen LogP contribution is -2.11. The fraction of sp³-hybridized carbons (Fsp3) is 0.400. The van der Waals surface area contributed by atoms with Gasteiger partial charge in [0.05, 0.1) is 6.20 Å². The summed E-state index contributed by atoms with van der Waals surface area (Å²) < 4.78 is 0.995. The van der Waals surface area contributed by atoms with E-state index in [1.54, 1.807) is 29.7 Å². The molecule has 0 aliphatic heterocycles. The van der Waals surface area contributed by atoms with Crippen molar-refractivity contribution in [3.8, 4) is 0 Å². The predicted octanol–water partition coefficient (Wildman–Crippen LogP) is 2.87. The maximum absolute atomic E-state index is 4.48. The van der Waals surface area contributed by atoms with Gasteiger partial charge in [-0.25, -0.2) is 15.0 Å². The molecule has 0 aliphatic rings. The summed E-state index contributed by atoms with van der Waals surface area (Å²) in [6, 6.07) is 0. The van der Waals surface area contributed by atoms with Crippen LogP contribution in [0.25, 0.3) is 10.3 Å². The fourth-order valence-corrected chi connectivity index (χ4v) is 3.15. The van der Waals surface area contributed by atoms with Crippen LogP contribution in [0.4, 0.5) is 11.1 Å². The number of thiazole rings is 1. The van der Waals surface area contributed by atoms with Gasteiger partial charge in [-0.1, -0.05) is 11.3 Å². The van der Waals surface area contributed by atoms with Gasteiger partial charge < -0.3 is 4.90 Å². The summed E-state index contributed by atoms with van der Waals surface area (Å²) in [5.41, 5.74) is 0.797. The minimum atomic E-state index is 0.691. The van der Waals surface area contributed by atoms with Gasteiger partial charge in [-0.2, -0.15) is 4.98 Å². The van der Waals surface area contributed by atoms with Crippen LogP contribution in [0.2, 0.25) is 0 Å². The minimum Gasteiger partial charge on any atom is -0.347 e. The van der Waals surface area contributed by atoms with E-state index in [1.807, 2.05) is 31.5 Å². The van der Waals surface area contributed by atoms with Crippen LogP contribution < -0.4 is 4.90 Å². The van der Waals surface area contributed by atoms with Crippen LogP contribution >= 0.6 is 34.9 Å². The first kappa shape index (κ1) is 13.6. The van der Waals surface area contributed by atoms with E-state index in [4.69, 9.17) is 0 Å². The first-order valence-electron chi connectivity index (χ1n) is 5.11. The van der Waals surface area contributed by atoms with Gasteiger partial charge in [0.25, 0.3) is 0 Å². The first-order valence-corrected chi connectivity index (χ1v) is 8.38. The fourth-order valence-electron chi connectivity index (χ4n) is 1.23. The zero-order valence-corrected chi connectivity index (χ0v) is 13.0. The Bertz CT molecular complexity index is 572. The Morgan fingerprint density at radius 3 is 2.61 bits per heavy atom. The van der Waals surface area contributed by atoms with E-state index < -0.39 is 0 Å².